The number of nitrogens with two attached hydrogens (primary N) is 1. The van der Waals surface area contributed by atoms with E-state index in [-0.39, 0.29) is 0 Å². The normalized spacial score (nSPS) is 13.6. The molecular weight excluding hydrogens is 232 g/mol. The Morgan fingerprint density at radius 2 is 2.18 bits per heavy atom. The van der Waals surface area contributed by atoms with Gasteiger partial charge in [0.1, 0.15) is 5.01 Å². The Labute approximate surface area is 108 Å². The number of hydrogen-bond donors (Lipinski definition) is 1. The van der Waals surface area contributed by atoms with Gasteiger partial charge in [0.25, 0.3) is 0 Å². The highest BCUT2D eigenvalue weighted by molar-refractivity contribution is 7.09. The standard InChI is InChI=1S/C12H24N4S/c1-5-16(10(2)7-15(3)4)8-11-9-17-12(6-13)14-11/h9-10H,5-8,13H2,1-4H3. The summed E-state index contributed by atoms with van der Waals surface area (Å²) in [6.07, 6.45) is 0. The Kier molecular flexibility index (Phi) is 6.05. The zero-order chi connectivity index (χ0) is 12.8. The minimum Gasteiger partial charge on any atom is -0.325 e. The lowest BCUT2D eigenvalue weighted by molar-refractivity contribution is 0.172. The monoisotopic (exact) mass is 256 g/mol. The average molecular weight is 256 g/mol. The maximum Gasteiger partial charge on any atom is 0.106 e. The van der Waals surface area contributed by atoms with Gasteiger partial charge in [0, 0.05) is 31.1 Å². The van der Waals surface area contributed by atoms with E-state index in [1.807, 2.05) is 0 Å². The summed E-state index contributed by atoms with van der Waals surface area (Å²) in [6, 6.07) is 0.540. The maximum atomic E-state index is 5.58. The number of likely N-dealkylation sites (N-methyl/N-ethyl adjacent to an activating group) is 2. The van der Waals surface area contributed by atoms with Crippen molar-refractivity contribution in [1.29, 1.82) is 0 Å². The Bertz CT molecular complexity index is 324. The molecule has 0 aromatic carbocycles. The van der Waals surface area contributed by atoms with E-state index in [0.717, 1.165) is 30.3 Å². The summed E-state index contributed by atoms with van der Waals surface area (Å²) in [5.74, 6) is 0. The first-order valence-corrected chi connectivity index (χ1v) is 6.96. The minimum atomic E-state index is 0.540. The molecule has 1 atom stereocenters. The molecule has 0 saturated carbocycles. The summed E-state index contributed by atoms with van der Waals surface area (Å²) >= 11 is 1.65. The molecule has 1 heterocycles. The molecule has 2 N–H and O–H groups in total. The molecule has 0 fully saturated rings. The van der Waals surface area contributed by atoms with Gasteiger partial charge in [-0.2, -0.15) is 0 Å². The van der Waals surface area contributed by atoms with Crippen molar-refractivity contribution < 1.29 is 0 Å². The lowest BCUT2D eigenvalue weighted by Gasteiger charge is -2.29. The van der Waals surface area contributed by atoms with Crippen LogP contribution in [-0.2, 0) is 13.1 Å². The van der Waals surface area contributed by atoms with Gasteiger partial charge in [-0.15, -0.1) is 11.3 Å². The van der Waals surface area contributed by atoms with Crippen LogP contribution in [0.3, 0.4) is 0 Å². The Balaban J connectivity index is 2.56. The first kappa shape index (κ1) is 14.6. The van der Waals surface area contributed by atoms with Gasteiger partial charge in [-0.25, -0.2) is 4.98 Å². The van der Waals surface area contributed by atoms with Crippen molar-refractivity contribution in [2.24, 2.45) is 5.73 Å². The van der Waals surface area contributed by atoms with Gasteiger partial charge in [0.15, 0.2) is 0 Å². The molecular formula is C12H24N4S. The summed E-state index contributed by atoms with van der Waals surface area (Å²) in [5, 5.41) is 3.14. The molecule has 17 heavy (non-hydrogen) atoms. The number of nitrogens with zero attached hydrogens (tertiary/aromatic N) is 3. The smallest absolute Gasteiger partial charge is 0.106 e. The van der Waals surface area contributed by atoms with Crippen LogP contribution in [0.1, 0.15) is 24.5 Å². The van der Waals surface area contributed by atoms with E-state index in [0.29, 0.717) is 12.6 Å². The van der Waals surface area contributed by atoms with Crippen molar-refractivity contribution in [3.05, 3.63) is 16.1 Å². The van der Waals surface area contributed by atoms with Crippen molar-refractivity contribution in [2.75, 3.05) is 27.2 Å². The van der Waals surface area contributed by atoms with Crippen LogP contribution in [0.25, 0.3) is 0 Å². The molecule has 4 nitrogen and oxygen atoms in total. The molecule has 0 spiro atoms. The van der Waals surface area contributed by atoms with E-state index in [1.54, 1.807) is 11.3 Å². The lowest BCUT2D eigenvalue weighted by Crippen LogP contribution is -2.39. The van der Waals surface area contributed by atoms with Gasteiger partial charge >= 0.3 is 0 Å². The van der Waals surface area contributed by atoms with Gasteiger partial charge in [0.2, 0.25) is 0 Å². The molecule has 0 aliphatic carbocycles. The molecule has 5 heteroatoms. The van der Waals surface area contributed by atoms with Gasteiger partial charge in [0.05, 0.1) is 5.69 Å². The van der Waals surface area contributed by atoms with Crippen molar-refractivity contribution in [3.63, 3.8) is 0 Å². The number of thiazole rings is 1. The highest BCUT2D eigenvalue weighted by Crippen LogP contribution is 2.13. The van der Waals surface area contributed by atoms with E-state index in [1.165, 1.54) is 0 Å². The molecule has 1 aromatic rings. The second-order valence-electron chi connectivity index (χ2n) is 4.61. The Morgan fingerprint density at radius 3 is 2.65 bits per heavy atom. The largest absolute Gasteiger partial charge is 0.325 e. The zero-order valence-electron chi connectivity index (χ0n) is 11.3. The van der Waals surface area contributed by atoms with Crippen molar-refractivity contribution in [2.45, 2.75) is 33.0 Å². The van der Waals surface area contributed by atoms with Crippen molar-refractivity contribution >= 4 is 11.3 Å². The zero-order valence-corrected chi connectivity index (χ0v) is 12.1. The van der Waals surface area contributed by atoms with Gasteiger partial charge < -0.3 is 10.6 Å². The Hall–Kier alpha value is -0.490. The first-order valence-electron chi connectivity index (χ1n) is 6.09. The molecule has 0 saturated heterocycles. The van der Waals surface area contributed by atoms with Crippen LogP contribution in [0, 0.1) is 0 Å². The molecule has 98 valence electrons. The molecule has 0 aliphatic heterocycles. The molecule has 1 rings (SSSR count). The minimum absolute atomic E-state index is 0.540. The van der Waals surface area contributed by atoms with E-state index >= 15 is 0 Å². The third-order valence-corrected chi connectivity index (χ3v) is 3.72. The molecule has 1 aromatic heterocycles. The second kappa shape index (κ2) is 7.06. The fourth-order valence-corrected chi connectivity index (χ4v) is 2.61. The fourth-order valence-electron chi connectivity index (χ4n) is 1.95. The fraction of sp³-hybridized carbons (Fsp3) is 0.750. The summed E-state index contributed by atoms with van der Waals surface area (Å²) in [6.45, 7) is 8.04. The van der Waals surface area contributed by atoms with Crippen LogP contribution < -0.4 is 5.73 Å². The van der Waals surface area contributed by atoms with Crippen LogP contribution in [0.5, 0.6) is 0 Å². The number of rotatable bonds is 7. The lowest BCUT2D eigenvalue weighted by atomic mass is 10.2. The predicted molar refractivity (Wildman–Crippen MR) is 74.1 cm³/mol. The van der Waals surface area contributed by atoms with E-state index < -0.39 is 0 Å². The van der Waals surface area contributed by atoms with Crippen LogP contribution in [-0.4, -0.2) is 48.0 Å². The van der Waals surface area contributed by atoms with Gasteiger partial charge in [-0.05, 0) is 27.6 Å². The topological polar surface area (TPSA) is 45.4 Å². The number of hydrogen-bond acceptors (Lipinski definition) is 5. The summed E-state index contributed by atoms with van der Waals surface area (Å²) in [4.78, 5) is 9.18. The number of aromatic nitrogens is 1. The Morgan fingerprint density at radius 1 is 1.47 bits per heavy atom. The van der Waals surface area contributed by atoms with Crippen LogP contribution >= 0.6 is 11.3 Å². The molecule has 0 aliphatic rings. The molecule has 1 unspecified atom stereocenters. The van der Waals surface area contributed by atoms with Crippen LogP contribution in [0.15, 0.2) is 5.38 Å². The average Bonchev–Trinajstić information content (AvgIpc) is 2.72. The third kappa shape index (κ3) is 4.71. The SMILES string of the molecule is CCN(Cc1csc(CN)n1)C(C)CN(C)C. The summed E-state index contributed by atoms with van der Waals surface area (Å²) in [7, 11) is 4.22. The van der Waals surface area contributed by atoms with Crippen LogP contribution in [0.2, 0.25) is 0 Å². The molecule has 0 radical (unpaired) electrons. The van der Waals surface area contributed by atoms with Crippen LogP contribution in [0.4, 0.5) is 0 Å². The second-order valence-corrected chi connectivity index (χ2v) is 5.55. The maximum absolute atomic E-state index is 5.58. The summed E-state index contributed by atoms with van der Waals surface area (Å²) in [5.41, 5.74) is 6.72. The molecule has 0 bridgehead atoms. The van der Waals surface area contributed by atoms with Crippen molar-refractivity contribution in [1.82, 2.24) is 14.8 Å². The van der Waals surface area contributed by atoms with Gasteiger partial charge in [-0.3, -0.25) is 4.90 Å². The van der Waals surface area contributed by atoms with E-state index in [2.05, 4.69) is 48.1 Å². The quantitative estimate of drug-likeness (QED) is 0.800. The van der Waals surface area contributed by atoms with Gasteiger partial charge in [-0.1, -0.05) is 6.92 Å². The highest BCUT2D eigenvalue weighted by Gasteiger charge is 2.14. The first-order chi connectivity index (χ1) is 8.06. The van der Waals surface area contributed by atoms with E-state index in [9.17, 15) is 0 Å². The summed E-state index contributed by atoms with van der Waals surface area (Å²) < 4.78 is 0. The highest BCUT2D eigenvalue weighted by atomic mass is 32.1. The predicted octanol–water partition coefficient (Wildman–Crippen LogP) is 1.37. The third-order valence-electron chi connectivity index (χ3n) is 2.80. The van der Waals surface area contributed by atoms with E-state index in [4.69, 9.17) is 5.73 Å². The van der Waals surface area contributed by atoms with Crippen molar-refractivity contribution in [3.8, 4) is 0 Å². The molecule has 0 amide bonds.